The van der Waals surface area contributed by atoms with Crippen molar-refractivity contribution < 1.29 is 9.53 Å². The summed E-state index contributed by atoms with van der Waals surface area (Å²) in [6, 6.07) is 8.58. The van der Waals surface area contributed by atoms with Crippen molar-refractivity contribution >= 4 is 17.3 Å². The fourth-order valence-corrected chi connectivity index (χ4v) is 3.53. The van der Waals surface area contributed by atoms with Gasteiger partial charge in [0.15, 0.2) is 0 Å². The summed E-state index contributed by atoms with van der Waals surface area (Å²) in [7, 11) is 0. The molecule has 6 nitrogen and oxygen atoms in total. The molecular weight excluding hydrogens is 328 g/mol. The van der Waals surface area contributed by atoms with Gasteiger partial charge >= 0.3 is 0 Å². The van der Waals surface area contributed by atoms with Crippen LogP contribution in [0.15, 0.2) is 24.3 Å². The van der Waals surface area contributed by atoms with Gasteiger partial charge in [-0.25, -0.2) is 0 Å². The molecule has 6 heteroatoms. The first-order valence-electron chi connectivity index (χ1n) is 9.97. The van der Waals surface area contributed by atoms with Crippen LogP contribution >= 0.6 is 0 Å². The number of nitrogens with zero attached hydrogens (tertiary/aromatic N) is 2. The Kier molecular flexibility index (Phi) is 7.58. The third-order valence-corrected chi connectivity index (χ3v) is 5.12. The zero-order chi connectivity index (χ0) is 18.0. The minimum atomic E-state index is 0.107. The number of benzene rings is 1. The lowest BCUT2D eigenvalue weighted by molar-refractivity contribution is -0.120. The summed E-state index contributed by atoms with van der Waals surface area (Å²) < 4.78 is 5.32. The molecule has 0 saturated carbocycles. The molecule has 0 bridgehead atoms. The second-order valence-corrected chi connectivity index (χ2v) is 7.08. The lowest BCUT2D eigenvalue weighted by Gasteiger charge is -2.28. The highest BCUT2D eigenvalue weighted by atomic mass is 16.5. The van der Waals surface area contributed by atoms with Crippen LogP contribution in [-0.2, 0) is 9.53 Å². The van der Waals surface area contributed by atoms with Gasteiger partial charge in [0.05, 0.1) is 13.2 Å². The number of morpholine rings is 1. The van der Waals surface area contributed by atoms with E-state index in [0.29, 0.717) is 19.5 Å². The topological polar surface area (TPSA) is 56.8 Å². The predicted octanol–water partition coefficient (Wildman–Crippen LogP) is 1.93. The first-order valence-corrected chi connectivity index (χ1v) is 9.97. The van der Waals surface area contributed by atoms with Gasteiger partial charge < -0.3 is 20.3 Å². The Bertz CT molecular complexity index is 537. The van der Waals surface area contributed by atoms with E-state index in [9.17, 15) is 4.79 Å². The average Bonchev–Trinajstić information content (AvgIpc) is 2.70. The molecule has 2 aliphatic rings. The number of nitrogens with one attached hydrogen (secondary N) is 2. The predicted molar refractivity (Wildman–Crippen MR) is 106 cm³/mol. The average molecular weight is 361 g/mol. The Morgan fingerprint density at radius 2 is 1.69 bits per heavy atom. The molecule has 2 fully saturated rings. The summed E-state index contributed by atoms with van der Waals surface area (Å²) in [6.07, 6.45) is 4.43. The van der Waals surface area contributed by atoms with Gasteiger partial charge in [0.1, 0.15) is 0 Å². The number of hydrogen-bond acceptors (Lipinski definition) is 5. The highest BCUT2D eigenvalue weighted by Gasteiger charge is 2.11. The Hall–Kier alpha value is -1.79. The van der Waals surface area contributed by atoms with Crippen LogP contribution in [0.2, 0.25) is 0 Å². The maximum Gasteiger partial charge on any atom is 0.221 e. The Balaban J connectivity index is 1.29. The molecule has 0 unspecified atom stereocenters. The number of carbonyl (C=O) groups is 1. The van der Waals surface area contributed by atoms with E-state index >= 15 is 0 Å². The Labute approximate surface area is 156 Å². The van der Waals surface area contributed by atoms with Crippen molar-refractivity contribution in [3.05, 3.63) is 24.3 Å². The quantitative estimate of drug-likeness (QED) is 0.742. The fraction of sp³-hybridized carbons (Fsp3) is 0.650. The molecule has 2 N–H and O–H groups in total. The summed E-state index contributed by atoms with van der Waals surface area (Å²) in [5.41, 5.74) is 2.38. The number of hydrogen-bond donors (Lipinski definition) is 2. The monoisotopic (exact) mass is 360 g/mol. The number of piperidine rings is 1. The van der Waals surface area contributed by atoms with Crippen LogP contribution < -0.4 is 15.5 Å². The van der Waals surface area contributed by atoms with Crippen LogP contribution in [0.5, 0.6) is 0 Å². The van der Waals surface area contributed by atoms with Gasteiger partial charge in [-0.2, -0.15) is 0 Å². The molecule has 3 rings (SSSR count). The van der Waals surface area contributed by atoms with E-state index in [-0.39, 0.29) is 5.91 Å². The van der Waals surface area contributed by atoms with Crippen LogP contribution in [-0.4, -0.2) is 69.8 Å². The first-order chi connectivity index (χ1) is 12.8. The standard InChI is InChI=1S/C20H32N4O2/c25-20(22-10-13-23-14-16-26-17-15-23)8-9-21-18-4-6-19(7-5-18)24-11-2-1-3-12-24/h4-7,21H,1-3,8-17H2,(H,22,25). The van der Waals surface area contributed by atoms with E-state index in [2.05, 4.69) is 44.7 Å². The number of amides is 1. The highest BCUT2D eigenvalue weighted by molar-refractivity contribution is 5.76. The molecule has 2 saturated heterocycles. The van der Waals surface area contributed by atoms with E-state index in [0.717, 1.165) is 51.6 Å². The summed E-state index contributed by atoms with van der Waals surface area (Å²) in [6.45, 7) is 8.13. The maximum atomic E-state index is 11.9. The fourth-order valence-electron chi connectivity index (χ4n) is 3.53. The number of carbonyl (C=O) groups excluding carboxylic acids is 1. The van der Waals surface area contributed by atoms with E-state index in [1.807, 2.05) is 0 Å². The Morgan fingerprint density at radius 3 is 2.42 bits per heavy atom. The van der Waals surface area contributed by atoms with Crippen molar-refractivity contribution in [2.24, 2.45) is 0 Å². The molecule has 0 aliphatic carbocycles. The zero-order valence-electron chi connectivity index (χ0n) is 15.7. The first kappa shape index (κ1) is 19.0. The lowest BCUT2D eigenvalue weighted by atomic mass is 10.1. The van der Waals surface area contributed by atoms with Gasteiger partial charge in [-0.15, -0.1) is 0 Å². The number of ether oxygens (including phenoxy) is 1. The molecule has 144 valence electrons. The van der Waals surface area contributed by atoms with Gasteiger partial charge in [-0.1, -0.05) is 0 Å². The normalized spacial score (nSPS) is 18.5. The highest BCUT2D eigenvalue weighted by Crippen LogP contribution is 2.21. The van der Waals surface area contributed by atoms with Gasteiger partial charge in [-0.05, 0) is 43.5 Å². The van der Waals surface area contributed by atoms with E-state index in [1.165, 1.54) is 24.9 Å². The van der Waals surface area contributed by atoms with Gasteiger partial charge in [0.2, 0.25) is 5.91 Å². The summed E-state index contributed by atoms with van der Waals surface area (Å²) in [5.74, 6) is 0.107. The molecule has 1 amide bonds. The van der Waals surface area contributed by atoms with Crippen molar-refractivity contribution in [3.8, 4) is 0 Å². The van der Waals surface area contributed by atoms with Crippen molar-refractivity contribution in [2.75, 3.05) is 69.2 Å². The Morgan fingerprint density at radius 1 is 0.962 bits per heavy atom. The molecule has 0 atom stereocenters. The molecule has 0 aromatic heterocycles. The third kappa shape index (κ3) is 6.18. The van der Waals surface area contributed by atoms with Crippen LogP contribution in [0.4, 0.5) is 11.4 Å². The summed E-state index contributed by atoms with van der Waals surface area (Å²) in [5, 5.41) is 6.34. The molecule has 26 heavy (non-hydrogen) atoms. The van der Waals surface area contributed by atoms with Crippen molar-refractivity contribution in [1.29, 1.82) is 0 Å². The van der Waals surface area contributed by atoms with E-state index in [1.54, 1.807) is 0 Å². The summed E-state index contributed by atoms with van der Waals surface area (Å²) >= 11 is 0. The molecule has 0 radical (unpaired) electrons. The molecule has 1 aromatic carbocycles. The van der Waals surface area contributed by atoms with Crippen LogP contribution in [0.1, 0.15) is 25.7 Å². The molecular formula is C20H32N4O2. The van der Waals surface area contributed by atoms with Crippen molar-refractivity contribution in [2.45, 2.75) is 25.7 Å². The van der Waals surface area contributed by atoms with Crippen molar-refractivity contribution in [1.82, 2.24) is 10.2 Å². The second kappa shape index (κ2) is 10.4. The largest absolute Gasteiger partial charge is 0.385 e. The smallest absolute Gasteiger partial charge is 0.221 e. The molecule has 0 spiro atoms. The number of rotatable bonds is 8. The van der Waals surface area contributed by atoms with Crippen LogP contribution in [0, 0.1) is 0 Å². The van der Waals surface area contributed by atoms with Crippen LogP contribution in [0.25, 0.3) is 0 Å². The van der Waals surface area contributed by atoms with Crippen LogP contribution in [0.3, 0.4) is 0 Å². The van der Waals surface area contributed by atoms with E-state index < -0.39 is 0 Å². The SMILES string of the molecule is O=C(CCNc1ccc(N2CCCCC2)cc1)NCCN1CCOCC1. The molecule has 2 heterocycles. The third-order valence-electron chi connectivity index (χ3n) is 5.12. The minimum absolute atomic E-state index is 0.107. The summed E-state index contributed by atoms with van der Waals surface area (Å²) in [4.78, 5) is 16.7. The van der Waals surface area contributed by atoms with E-state index in [4.69, 9.17) is 4.74 Å². The van der Waals surface area contributed by atoms with Gasteiger partial charge in [0.25, 0.3) is 0 Å². The molecule has 2 aliphatic heterocycles. The lowest BCUT2D eigenvalue weighted by Crippen LogP contribution is -2.41. The zero-order valence-corrected chi connectivity index (χ0v) is 15.7. The van der Waals surface area contributed by atoms with Gasteiger partial charge in [-0.3, -0.25) is 9.69 Å². The molecule has 1 aromatic rings. The minimum Gasteiger partial charge on any atom is -0.385 e. The maximum absolute atomic E-state index is 11.9. The second-order valence-electron chi connectivity index (χ2n) is 7.08. The number of anilines is 2. The van der Waals surface area contributed by atoms with Gasteiger partial charge in [0, 0.05) is 63.6 Å². The van der Waals surface area contributed by atoms with Crippen molar-refractivity contribution in [3.63, 3.8) is 0 Å².